The number of hydrogen-bond acceptors (Lipinski definition) is 0. The number of rotatable bonds is 4. The summed E-state index contributed by atoms with van der Waals surface area (Å²) >= 11 is -1.59. The molecule has 4 heteroatoms. The fourth-order valence-electron chi connectivity index (χ4n) is 5.67. The van der Waals surface area contributed by atoms with Crippen LogP contribution in [-0.4, -0.2) is 6.19 Å². The summed E-state index contributed by atoms with van der Waals surface area (Å²) in [5.74, 6) is 0. The molecule has 0 aromatic heterocycles. The third-order valence-electron chi connectivity index (χ3n) is 7.76. The second-order valence-electron chi connectivity index (χ2n) is 12.0. The van der Waals surface area contributed by atoms with Gasteiger partial charge in [-0.15, -0.1) is 24.8 Å². The Morgan fingerprint density at radius 1 is 0.800 bits per heavy atom. The van der Waals surface area contributed by atoms with Crippen molar-refractivity contribution in [1.82, 2.24) is 0 Å². The van der Waals surface area contributed by atoms with Crippen LogP contribution in [0.3, 0.4) is 0 Å². The second-order valence-corrected chi connectivity index (χ2v) is 23.3. The van der Waals surface area contributed by atoms with Gasteiger partial charge in [-0.3, -0.25) is 0 Å². The van der Waals surface area contributed by atoms with E-state index in [1.165, 1.54) is 40.8 Å². The zero-order chi connectivity index (χ0) is 24.1. The van der Waals surface area contributed by atoms with E-state index >= 15 is 0 Å². The third kappa shape index (κ3) is 5.80. The Labute approximate surface area is 233 Å². The van der Waals surface area contributed by atoms with E-state index in [-0.39, 0.29) is 41.8 Å². The first-order valence-corrected chi connectivity index (χ1v) is 18.8. The monoisotopic (exact) mass is 562 g/mol. The average molecular weight is 564 g/mol. The van der Waals surface area contributed by atoms with Crippen molar-refractivity contribution in [3.63, 3.8) is 0 Å². The first-order chi connectivity index (χ1) is 15.5. The maximum Gasteiger partial charge on any atom is -0.147 e. The molecule has 0 spiro atoms. The quantitative estimate of drug-likeness (QED) is 0.325. The molecule has 2 aromatic carbocycles. The summed E-state index contributed by atoms with van der Waals surface area (Å²) in [6.45, 7) is 21.5. The van der Waals surface area contributed by atoms with Gasteiger partial charge in [0.1, 0.15) is 0 Å². The predicted molar refractivity (Wildman–Crippen MR) is 159 cm³/mol. The van der Waals surface area contributed by atoms with Crippen LogP contribution in [0.2, 0.25) is 12.1 Å². The van der Waals surface area contributed by atoms with E-state index in [2.05, 4.69) is 111 Å². The SMILES string of the molecule is CC[Si](CC)=[Ti]([C]1=C(C)C=CC1)[CH]1c2cc(C(C)(C)C)ccc2-c2ccc(C(C)(C)C)cc21.Cl.Cl. The molecule has 0 aliphatic heterocycles. The Balaban J connectivity index is 0.00000216. The van der Waals surface area contributed by atoms with Crippen LogP contribution in [0.15, 0.2) is 58.0 Å². The van der Waals surface area contributed by atoms with Gasteiger partial charge < -0.3 is 0 Å². The summed E-state index contributed by atoms with van der Waals surface area (Å²) in [5, 5.41) is 0. The van der Waals surface area contributed by atoms with E-state index in [1.807, 2.05) is 3.88 Å². The van der Waals surface area contributed by atoms with E-state index < -0.39 is 16.6 Å². The molecular formula is C31H44Cl2SiTi. The molecule has 35 heavy (non-hydrogen) atoms. The van der Waals surface area contributed by atoms with E-state index in [1.54, 1.807) is 16.7 Å². The second kappa shape index (κ2) is 11.4. The van der Waals surface area contributed by atoms with Crippen molar-refractivity contribution in [2.24, 2.45) is 0 Å². The van der Waals surface area contributed by atoms with Crippen LogP contribution in [0, 0.1) is 0 Å². The Morgan fingerprint density at radius 3 is 1.60 bits per heavy atom. The maximum absolute atomic E-state index is 2.62. The van der Waals surface area contributed by atoms with E-state index in [4.69, 9.17) is 0 Å². The minimum Gasteiger partial charge on any atom is -0.147 e. The molecule has 0 fully saturated rings. The van der Waals surface area contributed by atoms with Crippen molar-refractivity contribution in [2.45, 2.75) is 95.9 Å². The summed E-state index contributed by atoms with van der Waals surface area (Å²) in [4.78, 5) is 0. The van der Waals surface area contributed by atoms with E-state index in [0.29, 0.717) is 4.22 Å². The Morgan fingerprint density at radius 2 is 1.26 bits per heavy atom. The van der Waals surface area contributed by atoms with Gasteiger partial charge in [-0.25, -0.2) is 0 Å². The van der Waals surface area contributed by atoms with Gasteiger partial charge in [0.05, 0.1) is 0 Å². The molecule has 0 N–H and O–H groups in total. The van der Waals surface area contributed by atoms with Gasteiger partial charge in [-0.2, -0.15) is 0 Å². The molecule has 0 saturated heterocycles. The number of benzene rings is 2. The van der Waals surface area contributed by atoms with Gasteiger partial charge in [0.15, 0.2) is 0 Å². The van der Waals surface area contributed by atoms with Crippen molar-refractivity contribution in [1.29, 1.82) is 0 Å². The third-order valence-corrected chi connectivity index (χ3v) is 23.4. The molecule has 0 atom stereocenters. The smallest absolute Gasteiger partial charge is 0.147 e. The van der Waals surface area contributed by atoms with Crippen LogP contribution in [0.25, 0.3) is 11.1 Å². The molecular weight excluding hydrogens is 519 g/mol. The van der Waals surface area contributed by atoms with Crippen LogP contribution in [0.1, 0.15) is 95.2 Å². The van der Waals surface area contributed by atoms with Crippen molar-refractivity contribution < 1.29 is 16.6 Å². The van der Waals surface area contributed by atoms with Gasteiger partial charge in [0.25, 0.3) is 0 Å². The van der Waals surface area contributed by atoms with Crippen LogP contribution < -0.4 is 0 Å². The van der Waals surface area contributed by atoms with Crippen molar-refractivity contribution >= 4 is 31.0 Å². The zero-order valence-corrected chi connectivity index (χ0v) is 27.3. The Hall–Kier alpha value is -0.569. The maximum atomic E-state index is 2.62. The van der Waals surface area contributed by atoms with Gasteiger partial charge in [0.2, 0.25) is 0 Å². The van der Waals surface area contributed by atoms with Crippen molar-refractivity contribution in [2.75, 3.05) is 0 Å². The van der Waals surface area contributed by atoms with Crippen LogP contribution >= 0.6 is 24.8 Å². The summed E-state index contributed by atoms with van der Waals surface area (Å²) in [5.41, 5.74) is 11.3. The van der Waals surface area contributed by atoms with Gasteiger partial charge in [-0.1, -0.05) is 0 Å². The number of hydrogen-bond donors (Lipinski definition) is 0. The molecule has 2 aliphatic carbocycles. The molecule has 0 bridgehead atoms. The van der Waals surface area contributed by atoms with E-state index in [0.717, 1.165) is 0 Å². The molecule has 4 rings (SSSR count). The summed E-state index contributed by atoms with van der Waals surface area (Å²) in [7, 11) is 0. The normalized spacial score (nSPS) is 14.9. The fraction of sp³-hybridized carbons (Fsp3) is 0.484. The summed E-state index contributed by atoms with van der Waals surface area (Å²) < 4.78 is 2.54. The average Bonchev–Trinajstić information content (AvgIpc) is 3.31. The number of halogens is 2. The molecule has 0 amide bonds. The molecule has 2 aromatic rings. The van der Waals surface area contributed by atoms with Crippen molar-refractivity contribution in [3.8, 4) is 11.1 Å². The predicted octanol–water partition coefficient (Wildman–Crippen LogP) is 10.1. The first-order valence-electron chi connectivity index (χ1n) is 12.8. The zero-order valence-electron chi connectivity index (χ0n) is 23.1. The first kappa shape index (κ1) is 30.7. The van der Waals surface area contributed by atoms with Gasteiger partial charge in [-0.05, 0) is 0 Å². The molecule has 190 valence electrons. The Bertz CT molecular complexity index is 1120. The van der Waals surface area contributed by atoms with Gasteiger partial charge >= 0.3 is 210 Å². The van der Waals surface area contributed by atoms with Crippen LogP contribution in [-0.2, 0) is 27.4 Å². The standard InChI is InChI=1S/C21H25.C6H7.C4H10Si.2ClH.Ti/c1-20(2,3)16-7-9-18-14(12-16)11-15-13-17(21(4,5)6)8-10-19(15)18;1-6-4-2-3-5-6;1-3-5-4-2;;;/h7-13H,1-6H3;2,4H,3H2,1H3;3-4H2,1-2H3;2*1H;. The molecule has 0 heterocycles. The van der Waals surface area contributed by atoms with E-state index in [9.17, 15) is 0 Å². The Kier molecular flexibility index (Phi) is 10.0. The summed E-state index contributed by atoms with van der Waals surface area (Å²) in [6, 6.07) is 17.8. The number of fused-ring (bicyclic) bond motifs is 3. The topological polar surface area (TPSA) is 0 Å². The molecule has 0 unspecified atom stereocenters. The fourth-order valence-corrected chi connectivity index (χ4v) is 21.3. The van der Waals surface area contributed by atoms with Crippen molar-refractivity contribution in [3.05, 3.63) is 80.3 Å². The summed E-state index contributed by atoms with van der Waals surface area (Å²) in [6.07, 6.45) is 5.71. The van der Waals surface area contributed by atoms with Crippen LogP contribution in [0.5, 0.6) is 0 Å². The molecule has 0 saturated carbocycles. The minimum atomic E-state index is -1.59. The minimum absolute atomic E-state index is 0. The largest absolute Gasteiger partial charge is 0.147 e. The van der Waals surface area contributed by atoms with Gasteiger partial charge in [0, 0.05) is 0 Å². The van der Waals surface area contributed by atoms with Crippen LogP contribution in [0.4, 0.5) is 0 Å². The molecule has 2 aliphatic rings. The number of allylic oxidation sites excluding steroid dienone is 4. The molecule has 0 radical (unpaired) electrons. The molecule has 0 nitrogen and oxygen atoms in total.